The van der Waals surface area contributed by atoms with E-state index in [2.05, 4.69) is 4.98 Å². The summed E-state index contributed by atoms with van der Waals surface area (Å²) in [5.41, 5.74) is 0.538. The highest BCUT2D eigenvalue weighted by atomic mass is 32.2. The van der Waals surface area contributed by atoms with Gasteiger partial charge in [0.15, 0.2) is 0 Å². The van der Waals surface area contributed by atoms with Gasteiger partial charge in [-0.3, -0.25) is 0 Å². The molecule has 0 atom stereocenters. The van der Waals surface area contributed by atoms with Gasteiger partial charge in [0.2, 0.25) is 10.0 Å². The fourth-order valence-electron chi connectivity index (χ4n) is 2.26. The van der Waals surface area contributed by atoms with Gasteiger partial charge in [-0.15, -0.1) is 0 Å². The molecule has 0 unspecified atom stereocenters. The molecule has 2 fully saturated rings. The van der Waals surface area contributed by atoms with Crippen molar-refractivity contribution in [3.63, 3.8) is 0 Å². The van der Waals surface area contributed by atoms with Gasteiger partial charge in [-0.2, -0.15) is 4.31 Å². The summed E-state index contributed by atoms with van der Waals surface area (Å²) < 4.78 is 26.9. The average molecular weight is 284 g/mol. The highest BCUT2D eigenvalue weighted by Crippen LogP contribution is 2.36. The monoisotopic (exact) mass is 284 g/mol. The second-order valence-electron chi connectivity index (χ2n) is 5.73. The van der Waals surface area contributed by atoms with E-state index in [0.717, 1.165) is 25.7 Å². The Morgan fingerprint density at radius 1 is 1.21 bits per heavy atom. The zero-order valence-electron chi connectivity index (χ0n) is 10.9. The maximum Gasteiger partial charge on any atom is 0.244 e. The van der Waals surface area contributed by atoms with Gasteiger partial charge in [-0.1, -0.05) is 0 Å². The fraction of sp³-hybridized carbons (Fsp3) is 0.692. The molecule has 0 radical (unpaired) electrons. The Balaban J connectivity index is 1.80. The molecule has 3 rings (SSSR count). The van der Waals surface area contributed by atoms with Crippen LogP contribution in [-0.4, -0.2) is 35.9 Å². The first-order valence-electron chi connectivity index (χ1n) is 6.88. The van der Waals surface area contributed by atoms with Gasteiger partial charge in [-0.05, 0) is 43.6 Å². The lowest BCUT2D eigenvalue weighted by molar-refractivity contribution is 0.277. The number of aromatic nitrogens is 1. The highest BCUT2D eigenvalue weighted by molar-refractivity contribution is 7.89. The summed E-state index contributed by atoms with van der Waals surface area (Å²) in [6.45, 7) is 1.14. The van der Waals surface area contributed by atoms with Gasteiger partial charge in [0.05, 0.1) is 11.5 Å². The van der Waals surface area contributed by atoms with Crippen molar-refractivity contribution in [2.24, 2.45) is 11.8 Å². The van der Waals surface area contributed by atoms with Crippen LogP contribution in [0.15, 0.2) is 17.2 Å². The predicted molar refractivity (Wildman–Crippen MR) is 70.9 cm³/mol. The number of H-pyrrole nitrogens is 1. The van der Waals surface area contributed by atoms with Crippen molar-refractivity contribution in [1.82, 2.24) is 9.29 Å². The van der Waals surface area contributed by atoms with Crippen LogP contribution in [0.4, 0.5) is 0 Å². The Morgan fingerprint density at radius 3 is 2.21 bits per heavy atom. The molecule has 0 amide bonds. The van der Waals surface area contributed by atoms with E-state index in [0.29, 0.717) is 30.6 Å². The van der Waals surface area contributed by atoms with E-state index < -0.39 is 10.0 Å². The summed E-state index contributed by atoms with van der Waals surface area (Å²) in [5.74, 6) is 1.09. The first kappa shape index (κ1) is 13.1. The van der Waals surface area contributed by atoms with Crippen LogP contribution < -0.4 is 0 Å². The predicted octanol–water partition coefficient (Wildman–Crippen LogP) is 1.32. The first-order chi connectivity index (χ1) is 9.09. The number of nitrogens with zero attached hydrogens (tertiary/aromatic N) is 1. The van der Waals surface area contributed by atoms with Gasteiger partial charge in [-0.25, -0.2) is 8.42 Å². The lowest BCUT2D eigenvalue weighted by Crippen LogP contribution is -2.34. The lowest BCUT2D eigenvalue weighted by atomic mass is 10.4. The first-order valence-corrected chi connectivity index (χ1v) is 8.32. The molecule has 2 aliphatic rings. The molecule has 0 spiro atoms. The summed E-state index contributed by atoms with van der Waals surface area (Å²) in [6, 6.07) is 1.53. The minimum Gasteiger partial charge on any atom is -0.390 e. The Hall–Kier alpha value is -0.850. The molecular weight excluding hydrogens is 264 g/mol. The van der Waals surface area contributed by atoms with Gasteiger partial charge in [0.1, 0.15) is 0 Å². The van der Waals surface area contributed by atoms with Crippen LogP contribution in [0, 0.1) is 11.8 Å². The smallest absolute Gasteiger partial charge is 0.244 e. The summed E-state index contributed by atoms with van der Waals surface area (Å²) in [4.78, 5) is 3.07. The Morgan fingerprint density at radius 2 is 1.79 bits per heavy atom. The molecule has 0 saturated heterocycles. The molecule has 1 aromatic rings. The van der Waals surface area contributed by atoms with E-state index in [1.54, 1.807) is 4.31 Å². The largest absolute Gasteiger partial charge is 0.390 e. The van der Waals surface area contributed by atoms with Crippen molar-refractivity contribution in [2.45, 2.75) is 37.2 Å². The minimum atomic E-state index is -3.41. The van der Waals surface area contributed by atoms with Gasteiger partial charge in [0.25, 0.3) is 0 Å². The molecule has 1 heterocycles. The van der Waals surface area contributed by atoms with E-state index >= 15 is 0 Å². The molecule has 2 saturated carbocycles. The topological polar surface area (TPSA) is 73.4 Å². The number of hydrogen-bond acceptors (Lipinski definition) is 3. The molecular formula is C13H20N2O3S. The van der Waals surface area contributed by atoms with Crippen molar-refractivity contribution < 1.29 is 13.5 Å². The summed E-state index contributed by atoms with van der Waals surface area (Å²) in [7, 11) is -3.41. The van der Waals surface area contributed by atoms with E-state index in [1.807, 2.05) is 0 Å². The Labute approximate surface area is 113 Å². The van der Waals surface area contributed by atoms with Crippen molar-refractivity contribution in [2.75, 3.05) is 13.1 Å². The Bertz CT molecular complexity index is 530. The van der Waals surface area contributed by atoms with Gasteiger partial charge >= 0.3 is 0 Å². The second-order valence-corrected chi connectivity index (χ2v) is 7.67. The molecule has 106 valence electrons. The highest BCUT2D eigenvalue weighted by Gasteiger charge is 2.35. The maximum atomic E-state index is 12.6. The number of sulfonamides is 1. The number of aliphatic hydroxyl groups excluding tert-OH is 1. The molecule has 6 heteroatoms. The van der Waals surface area contributed by atoms with Crippen molar-refractivity contribution in [3.05, 3.63) is 18.0 Å². The normalized spacial score (nSPS) is 20.1. The van der Waals surface area contributed by atoms with Crippen molar-refractivity contribution >= 4 is 10.0 Å². The summed E-state index contributed by atoms with van der Waals surface area (Å²) in [6.07, 6.45) is 6.06. The standard InChI is InChI=1S/C13H20N2O3S/c16-9-12-5-13(6-14-12)19(17,18)15(7-10-1-2-10)8-11-3-4-11/h5-6,10-11,14,16H,1-4,7-9H2. The number of rotatable bonds is 7. The average Bonchev–Trinajstić information content (AvgIpc) is 3.30. The zero-order valence-corrected chi connectivity index (χ0v) is 11.7. The van der Waals surface area contributed by atoms with Crippen molar-refractivity contribution in [3.8, 4) is 0 Å². The van der Waals surface area contributed by atoms with E-state index in [1.165, 1.54) is 12.3 Å². The molecule has 2 N–H and O–H groups in total. The molecule has 5 nitrogen and oxygen atoms in total. The summed E-state index contributed by atoms with van der Waals surface area (Å²) >= 11 is 0. The van der Waals surface area contributed by atoms with Crippen LogP contribution in [0.2, 0.25) is 0 Å². The van der Waals surface area contributed by atoms with Crippen LogP contribution in [0.1, 0.15) is 31.4 Å². The van der Waals surface area contributed by atoms with Gasteiger partial charge < -0.3 is 10.1 Å². The third kappa shape index (κ3) is 3.01. The SMILES string of the molecule is O=S(=O)(c1c[nH]c(CO)c1)N(CC1CC1)CC1CC1. The summed E-state index contributed by atoms with van der Waals surface area (Å²) in [5, 5.41) is 9.03. The fourth-order valence-corrected chi connectivity index (χ4v) is 3.87. The van der Waals surface area contributed by atoms with Crippen LogP contribution >= 0.6 is 0 Å². The van der Waals surface area contributed by atoms with E-state index in [9.17, 15) is 8.42 Å². The molecule has 19 heavy (non-hydrogen) atoms. The quantitative estimate of drug-likeness (QED) is 0.793. The molecule has 0 aliphatic heterocycles. The molecule has 2 aliphatic carbocycles. The third-order valence-electron chi connectivity index (χ3n) is 3.84. The van der Waals surface area contributed by atoms with Crippen LogP contribution in [0.3, 0.4) is 0 Å². The van der Waals surface area contributed by atoms with Crippen LogP contribution in [-0.2, 0) is 16.6 Å². The van der Waals surface area contributed by atoms with Crippen LogP contribution in [0.5, 0.6) is 0 Å². The number of aromatic amines is 1. The lowest BCUT2D eigenvalue weighted by Gasteiger charge is -2.21. The second kappa shape index (κ2) is 4.92. The zero-order chi connectivity index (χ0) is 13.5. The minimum absolute atomic E-state index is 0.166. The molecule has 0 aromatic carbocycles. The number of aliphatic hydroxyl groups is 1. The van der Waals surface area contributed by atoms with E-state index in [-0.39, 0.29) is 11.5 Å². The Kier molecular flexibility index (Phi) is 3.41. The molecule has 1 aromatic heterocycles. The number of nitrogens with one attached hydrogen (secondary N) is 1. The maximum absolute atomic E-state index is 12.6. The van der Waals surface area contributed by atoms with Gasteiger partial charge in [0, 0.05) is 25.0 Å². The molecule has 0 bridgehead atoms. The van der Waals surface area contributed by atoms with Crippen molar-refractivity contribution in [1.29, 1.82) is 0 Å². The van der Waals surface area contributed by atoms with Crippen LogP contribution in [0.25, 0.3) is 0 Å². The number of hydrogen-bond donors (Lipinski definition) is 2. The van der Waals surface area contributed by atoms with E-state index in [4.69, 9.17) is 5.11 Å². The third-order valence-corrected chi connectivity index (χ3v) is 5.65.